The predicted octanol–water partition coefficient (Wildman–Crippen LogP) is 6.99. The van der Waals surface area contributed by atoms with E-state index >= 15 is 0 Å². The number of benzene rings is 3. The van der Waals surface area contributed by atoms with E-state index in [1.165, 1.54) is 7.05 Å². The van der Waals surface area contributed by atoms with Gasteiger partial charge in [-0.2, -0.15) is 18.3 Å². The minimum atomic E-state index is -4.63. The molecule has 41 heavy (non-hydrogen) atoms. The van der Waals surface area contributed by atoms with Gasteiger partial charge in [-0.05, 0) is 42.7 Å². The quantitative estimate of drug-likeness (QED) is 0.210. The number of halogens is 3. The lowest BCUT2D eigenvalue weighted by atomic mass is 9.98. The van der Waals surface area contributed by atoms with Crippen LogP contribution in [0.2, 0.25) is 0 Å². The molecule has 0 bridgehead atoms. The van der Waals surface area contributed by atoms with Crippen LogP contribution in [0.3, 0.4) is 0 Å². The number of para-hydroxylation sites is 1. The van der Waals surface area contributed by atoms with Gasteiger partial charge < -0.3 is 14.0 Å². The van der Waals surface area contributed by atoms with Gasteiger partial charge in [0.1, 0.15) is 5.75 Å². The van der Waals surface area contributed by atoms with Gasteiger partial charge >= 0.3 is 6.18 Å². The number of rotatable bonds is 6. The number of alkyl halides is 3. The van der Waals surface area contributed by atoms with E-state index in [1.807, 2.05) is 53.1 Å². The predicted molar refractivity (Wildman–Crippen MR) is 151 cm³/mol. The van der Waals surface area contributed by atoms with Crippen molar-refractivity contribution in [2.75, 3.05) is 13.2 Å². The summed E-state index contributed by atoms with van der Waals surface area (Å²) in [4.78, 5) is 12.4. The maximum atomic E-state index is 14.3. The summed E-state index contributed by atoms with van der Waals surface area (Å²) in [6.45, 7) is 1.24. The number of nitrogens with zero attached hydrogens (tertiary/aromatic N) is 3. The summed E-state index contributed by atoms with van der Waals surface area (Å²) in [7, 11) is 1.30. The largest absolute Gasteiger partial charge is 0.493 e. The van der Waals surface area contributed by atoms with Crippen LogP contribution in [0.15, 0.2) is 60.7 Å². The zero-order valence-electron chi connectivity index (χ0n) is 22.6. The van der Waals surface area contributed by atoms with Crippen molar-refractivity contribution in [3.63, 3.8) is 0 Å². The number of ether oxygens (including phenoxy) is 2. The topological polar surface area (TPSA) is 58.3 Å². The molecule has 0 amide bonds. The summed E-state index contributed by atoms with van der Waals surface area (Å²) in [5, 5.41) is 7.07. The minimum Gasteiger partial charge on any atom is -0.493 e. The third-order valence-electron chi connectivity index (χ3n) is 7.68. The molecule has 0 fully saturated rings. The van der Waals surface area contributed by atoms with E-state index in [-0.39, 0.29) is 17.9 Å². The molecule has 0 aliphatic carbocycles. The molecule has 0 unspecified atom stereocenters. The first-order valence-corrected chi connectivity index (χ1v) is 13.7. The van der Waals surface area contributed by atoms with E-state index in [2.05, 4.69) is 11.4 Å². The summed E-state index contributed by atoms with van der Waals surface area (Å²) >= 11 is 0. The van der Waals surface area contributed by atoms with Crippen molar-refractivity contribution in [2.24, 2.45) is 7.05 Å². The van der Waals surface area contributed by atoms with Crippen LogP contribution in [0.1, 0.15) is 41.9 Å². The molecule has 0 N–H and O–H groups in total. The van der Waals surface area contributed by atoms with E-state index in [0.29, 0.717) is 62.2 Å². The highest BCUT2D eigenvalue weighted by Gasteiger charge is 2.40. The SMILES string of the molecule is Cn1nc2c(c1C(F)(F)F)-c1cccc3c(CCCOc4cccc5ccccc45)c([C]=O)n(c13)CCCCOC2. The molecule has 0 saturated carbocycles. The molecule has 1 aliphatic heterocycles. The van der Waals surface area contributed by atoms with Crippen LogP contribution in [-0.4, -0.2) is 33.8 Å². The highest BCUT2D eigenvalue weighted by Crippen LogP contribution is 2.43. The monoisotopic (exact) mass is 560 g/mol. The number of carbonyl (C=O) groups excluding carboxylic acids is 1. The number of aryl methyl sites for hydroxylation is 3. The van der Waals surface area contributed by atoms with Gasteiger partial charge in [-0.3, -0.25) is 9.48 Å². The zero-order chi connectivity index (χ0) is 28.6. The molecule has 6 rings (SSSR count). The van der Waals surface area contributed by atoms with E-state index in [0.717, 1.165) is 32.2 Å². The Bertz CT molecular complexity index is 1730. The van der Waals surface area contributed by atoms with Gasteiger partial charge in [0.2, 0.25) is 0 Å². The van der Waals surface area contributed by atoms with Crippen molar-refractivity contribution in [1.29, 1.82) is 0 Å². The molecular formula is C32H29F3N3O3. The summed E-state index contributed by atoms with van der Waals surface area (Å²) in [5.74, 6) is 0.787. The average Bonchev–Trinajstić information content (AvgIpc) is 3.45. The molecule has 3 heterocycles. The van der Waals surface area contributed by atoms with Gasteiger partial charge in [0.15, 0.2) is 5.69 Å². The van der Waals surface area contributed by atoms with Crippen LogP contribution in [0.4, 0.5) is 13.2 Å². The van der Waals surface area contributed by atoms with Crippen LogP contribution in [0, 0.1) is 0 Å². The smallest absolute Gasteiger partial charge is 0.433 e. The van der Waals surface area contributed by atoms with Gasteiger partial charge in [-0.25, -0.2) is 0 Å². The molecular weight excluding hydrogens is 531 g/mol. The molecule has 0 spiro atoms. The summed E-state index contributed by atoms with van der Waals surface area (Å²) in [6, 6.07) is 19.2. The van der Waals surface area contributed by atoms with Crippen LogP contribution < -0.4 is 4.74 Å². The molecule has 211 valence electrons. The first-order valence-electron chi connectivity index (χ1n) is 13.7. The maximum Gasteiger partial charge on any atom is 0.433 e. The fourth-order valence-corrected chi connectivity index (χ4v) is 5.96. The van der Waals surface area contributed by atoms with Gasteiger partial charge in [-0.1, -0.05) is 54.6 Å². The highest BCUT2D eigenvalue weighted by molar-refractivity contribution is 6.02. The van der Waals surface area contributed by atoms with Gasteiger partial charge in [0.25, 0.3) is 6.29 Å². The van der Waals surface area contributed by atoms with Crippen LogP contribution in [-0.2, 0) is 42.3 Å². The molecule has 9 heteroatoms. The van der Waals surface area contributed by atoms with Crippen LogP contribution >= 0.6 is 0 Å². The standard InChI is InChI=1S/C32H29F3N3O3/c1-37-31(32(33,34)35)29-25-13-7-12-24-23(14-8-18-41-28-15-6-10-21-9-2-3-11-22(21)28)27(19-39)38(30(24)25)16-4-5-17-40-20-26(29)36-37/h2-3,6-7,9-13,15H,4-5,8,14,16-18,20H2,1H3. The number of hydrogen-bond donors (Lipinski definition) is 0. The lowest BCUT2D eigenvalue weighted by Crippen LogP contribution is -2.13. The van der Waals surface area contributed by atoms with Crippen molar-refractivity contribution < 1.29 is 27.4 Å². The number of hydrogen-bond acceptors (Lipinski definition) is 4. The van der Waals surface area contributed by atoms with Gasteiger partial charge in [-0.15, -0.1) is 0 Å². The number of aromatic nitrogens is 3. The second kappa shape index (κ2) is 11.0. The van der Waals surface area contributed by atoms with Crippen molar-refractivity contribution in [1.82, 2.24) is 14.3 Å². The zero-order valence-corrected chi connectivity index (χ0v) is 22.6. The normalized spacial score (nSPS) is 14.1. The molecule has 1 radical (unpaired) electrons. The first-order chi connectivity index (χ1) is 19.9. The first kappa shape index (κ1) is 27.1. The fraction of sp³-hybridized carbons (Fsp3) is 0.312. The van der Waals surface area contributed by atoms with Crippen molar-refractivity contribution in [3.8, 4) is 16.9 Å². The second-order valence-electron chi connectivity index (χ2n) is 10.3. The number of fused-ring (bicyclic) bond motifs is 3. The molecule has 0 saturated heterocycles. The molecule has 2 aromatic heterocycles. The summed E-state index contributed by atoms with van der Waals surface area (Å²) in [6.07, 6.45) is 0.0146. The fourth-order valence-electron chi connectivity index (χ4n) is 5.96. The van der Waals surface area contributed by atoms with Crippen molar-refractivity contribution in [3.05, 3.63) is 83.3 Å². The molecule has 0 atom stereocenters. The summed E-state index contributed by atoms with van der Waals surface area (Å²) < 4.78 is 57.6. The van der Waals surface area contributed by atoms with Crippen molar-refractivity contribution in [2.45, 2.75) is 45.0 Å². The van der Waals surface area contributed by atoms with Crippen LogP contribution in [0.25, 0.3) is 32.8 Å². The Kier molecular flexibility index (Phi) is 7.30. The van der Waals surface area contributed by atoms with E-state index in [4.69, 9.17) is 9.47 Å². The Labute approximate surface area is 235 Å². The Morgan fingerprint density at radius 1 is 1.02 bits per heavy atom. The van der Waals surface area contributed by atoms with Gasteiger partial charge in [0.05, 0.1) is 30.1 Å². The Hall–Kier alpha value is -4.11. The highest BCUT2D eigenvalue weighted by atomic mass is 19.4. The third-order valence-corrected chi connectivity index (χ3v) is 7.68. The van der Waals surface area contributed by atoms with E-state index < -0.39 is 11.9 Å². The molecule has 5 aromatic rings. The molecule has 1 aliphatic rings. The lowest BCUT2D eigenvalue weighted by molar-refractivity contribution is -0.143. The lowest BCUT2D eigenvalue weighted by Gasteiger charge is -2.14. The van der Waals surface area contributed by atoms with E-state index in [1.54, 1.807) is 12.1 Å². The maximum absolute atomic E-state index is 14.3. The van der Waals surface area contributed by atoms with Crippen molar-refractivity contribution >= 4 is 28.0 Å². The summed E-state index contributed by atoms with van der Waals surface area (Å²) in [5.41, 5.74) is 1.51. The Morgan fingerprint density at radius 2 is 1.80 bits per heavy atom. The third kappa shape index (κ3) is 4.99. The molecule has 6 nitrogen and oxygen atoms in total. The Morgan fingerprint density at radius 3 is 2.63 bits per heavy atom. The molecule has 3 aromatic carbocycles. The van der Waals surface area contributed by atoms with Crippen LogP contribution in [0.5, 0.6) is 5.75 Å². The van der Waals surface area contributed by atoms with E-state index in [9.17, 15) is 18.0 Å². The Balaban J connectivity index is 1.41. The average molecular weight is 561 g/mol. The van der Waals surface area contributed by atoms with Gasteiger partial charge in [0, 0.05) is 42.1 Å². The second-order valence-corrected chi connectivity index (χ2v) is 10.3. The minimum absolute atomic E-state index is 0.00506.